The second-order valence-electron chi connectivity index (χ2n) is 2.44. The van der Waals surface area contributed by atoms with Crippen molar-refractivity contribution in [3.05, 3.63) is 35.9 Å². The Hall–Kier alpha value is -2.17. The van der Waals surface area contributed by atoms with Crippen molar-refractivity contribution in [1.82, 2.24) is 4.90 Å². The van der Waals surface area contributed by atoms with Crippen LogP contribution in [0.5, 0.6) is 0 Å². The van der Waals surface area contributed by atoms with Gasteiger partial charge in [-0.3, -0.25) is 9.59 Å². The van der Waals surface area contributed by atoms with Crippen molar-refractivity contribution in [1.29, 1.82) is 0 Å². The molecule has 0 aliphatic rings. The van der Waals surface area contributed by atoms with Gasteiger partial charge < -0.3 is 5.73 Å². The van der Waals surface area contributed by atoms with Crippen LogP contribution in [0.2, 0.25) is 0 Å². The molecule has 0 aliphatic carbocycles. The van der Waals surface area contributed by atoms with E-state index in [0.29, 0.717) is 0 Å². The minimum Gasteiger partial charge on any atom is -0.351 e. The quantitative estimate of drug-likeness (QED) is 0.681. The lowest BCUT2D eigenvalue weighted by atomic mass is 10.2. The molecular formula is C9H7N2O3. The number of hydrogen-bond acceptors (Lipinski definition) is 3. The van der Waals surface area contributed by atoms with Crippen LogP contribution < -0.4 is 5.73 Å². The first-order valence-electron chi connectivity index (χ1n) is 3.73. The minimum absolute atomic E-state index is 0.190. The van der Waals surface area contributed by atoms with Gasteiger partial charge in [-0.25, -0.2) is 4.79 Å². The molecule has 5 nitrogen and oxygen atoms in total. The van der Waals surface area contributed by atoms with E-state index in [-0.39, 0.29) is 10.5 Å². The summed E-state index contributed by atoms with van der Waals surface area (Å²) in [6.07, 6.45) is 1.16. The Morgan fingerprint density at radius 3 is 2.21 bits per heavy atom. The van der Waals surface area contributed by atoms with E-state index in [1.165, 1.54) is 12.1 Å². The van der Waals surface area contributed by atoms with Gasteiger partial charge in [-0.05, 0) is 12.1 Å². The summed E-state index contributed by atoms with van der Waals surface area (Å²) in [7, 11) is 0. The maximum Gasteiger partial charge on any atom is 0.329 e. The molecule has 5 heteroatoms. The molecular weight excluding hydrogens is 184 g/mol. The molecule has 0 saturated carbocycles. The van der Waals surface area contributed by atoms with E-state index in [4.69, 9.17) is 5.73 Å². The predicted octanol–water partition coefficient (Wildman–Crippen LogP) is 0.275. The van der Waals surface area contributed by atoms with Crippen LogP contribution in [0.25, 0.3) is 0 Å². The zero-order valence-corrected chi connectivity index (χ0v) is 7.14. The molecule has 0 heterocycles. The summed E-state index contributed by atoms with van der Waals surface area (Å²) < 4.78 is 0. The summed E-state index contributed by atoms with van der Waals surface area (Å²) in [6, 6.07) is 6.71. The van der Waals surface area contributed by atoms with E-state index in [9.17, 15) is 14.4 Å². The van der Waals surface area contributed by atoms with Gasteiger partial charge in [0.15, 0.2) is 0 Å². The summed E-state index contributed by atoms with van der Waals surface area (Å²) in [5, 5.41) is 0. The fourth-order valence-electron chi connectivity index (χ4n) is 0.896. The third-order valence-electron chi connectivity index (χ3n) is 1.54. The number of nitrogens with two attached hydrogens (primary N) is 1. The zero-order chi connectivity index (χ0) is 10.6. The molecule has 1 aromatic carbocycles. The number of hydrogen-bond donors (Lipinski definition) is 1. The average Bonchev–Trinajstić information content (AvgIpc) is 2.19. The normalized spacial score (nSPS) is 9.14. The monoisotopic (exact) mass is 191 g/mol. The molecule has 1 aromatic rings. The molecule has 0 atom stereocenters. The molecule has 4 amide bonds. The second kappa shape index (κ2) is 4.18. The molecule has 2 N–H and O–H groups in total. The fourth-order valence-corrected chi connectivity index (χ4v) is 0.896. The maximum atomic E-state index is 11.4. The highest BCUT2D eigenvalue weighted by Gasteiger charge is 2.20. The van der Waals surface area contributed by atoms with Crippen LogP contribution in [0.1, 0.15) is 10.4 Å². The molecule has 1 rings (SSSR count). The molecule has 14 heavy (non-hydrogen) atoms. The number of carbonyl (C=O) groups excluding carboxylic acids is 3. The van der Waals surface area contributed by atoms with Gasteiger partial charge in [0, 0.05) is 5.56 Å². The largest absolute Gasteiger partial charge is 0.351 e. The molecule has 0 unspecified atom stereocenters. The first-order valence-corrected chi connectivity index (χ1v) is 3.73. The Bertz CT molecular complexity index is 362. The Kier molecular flexibility index (Phi) is 2.96. The molecule has 0 saturated heterocycles. The molecule has 0 spiro atoms. The first kappa shape index (κ1) is 9.91. The van der Waals surface area contributed by atoms with Crippen molar-refractivity contribution in [3.63, 3.8) is 0 Å². The summed E-state index contributed by atoms with van der Waals surface area (Å²) in [5.74, 6) is -0.784. The van der Waals surface area contributed by atoms with Crippen molar-refractivity contribution < 1.29 is 14.4 Å². The highest BCUT2D eigenvalue weighted by molar-refractivity contribution is 6.11. The number of nitrogens with zero attached hydrogens (tertiary/aromatic N) is 1. The summed E-state index contributed by atoms with van der Waals surface area (Å²) in [5.41, 5.74) is 4.99. The smallest absolute Gasteiger partial charge is 0.329 e. The Morgan fingerprint density at radius 2 is 1.79 bits per heavy atom. The fraction of sp³-hybridized carbons (Fsp3) is 0. The predicted molar refractivity (Wildman–Crippen MR) is 47.9 cm³/mol. The van der Waals surface area contributed by atoms with E-state index in [0.717, 1.165) is 6.41 Å². The van der Waals surface area contributed by atoms with Crippen LogP contribution >= 0.6 is 0 Å². The maximum absolute atomic E-state index is 11.4. The lowest BCUT2D eigenvalue weighted by Crippen LogP contribution is -2.39. The Labute approximate surface area is 80.1 Å². The summed E-state index contributed by atoms with van der Waals surface area (Å²) >= 11 is 0. The van der Waals surface area contributed by atoms with Crippen molar-refractivity contribution in [3.8, 4) is 0 Å². The van der Waals surface area contributed by atoms with Gasteiger partial charge in [-0.15, -0.1) is 0 Å². The Balaban J connectivity index is 2.95. The van der Waals surface area contributed by atoms with Crippen LogP contribution in [-0.2, 0) is 4.79 Å². The third kappa shape index (κ3) is 1.95. The highest BCUT2D eigenvalue weighted by Crippen LogP contribution is 2.02. The average molecular weight is 191 g/mol. The molecule has 0 fully saturated rings. The van der Waals surface area contributed by atoms with Crippen LogP contribution in [0.3, 0.4) is 0 Å². The number of imide groups is 3. The number of amides is 4. The van der Waals surface area contributed by atoms with E-state index in [1.54, 1.807) is 18.2 Å². The standard InChI is InChI=1S/C9H7N2O3/c10-9(14)11(6-12)8(13)7-4-2-1-3-5-7/h1-5H,(H2,10,14). The summed E-state index contributed by atoms with van der Waals surface area (Å²) in [6.45, 7) is 0. The van der Waals surface area contributed by atoms with Gasteiger partial charge >= 0.3 is 12.4 Å². The van der Waals surface area contributed by atoms with E-state index in [1.807, 2.05) is 0 Å². The molecule has 71 valence electrons. The van der Waals surface area contributed by atoms with Gasteiger partial charge in [0.1, 0.15) is 0 Å². The van der Waals surface area contributed by atoms with Crippen molar-refractivity contribution >= 4 is 18.3 Å². The SMILES string of the molecule is NC(=O)N([C]=O)C(=O)c1ccccc1. The van der Waals surface area contributed by atoms with Crippen molar-refractivity contribution in [2.75, 3.05) is 0 Å². The van der Waals surface area contributed by atoms with Gasteiger partial charge in [-0.2, -0.15) is 4.90 Å². The number of carbonyl (C=O) groups is 2. The minimum atomic E-state index is -1.14. The lowest BCUT2D eigenvalue weighted by Gasteiger charge is -2.08. The van der Waals surface area contributed by atoms with Crippen molar-refractivity contribution in [2.45, 2.75) is 0 Å². The number of urea groups is 1. The van der Waals surface area contributed by atoms with Gasteiger partial charge in [0.2, 0.25) is 0 Å². The Morgan fingerprint density at radius 1 is 1.21 bits per heavy atom. The molecule has 0 bridgehead atoms. The van der Waals surface area contributed by atoms with E-state index < -0.39 is 11.9 Å². The second-order valence-corrected chi connectivity index (χ2v) is 2.44. The third-order valence-corrected chi connectivity index (χ3v) is 1.54. The van der Waals surface area contributed by atoms with Crippen LogP contribution in [-0.4, -0.2) is 23.2 Å². The van der Waals surface area contributed by atoms with E-state index in [2.05, 4.69) is 0 Å². The van der Waals surface area contributed by atoms with Crippen LogP contribution in [0.15, 0.2) is 30.3 Å². The summed E-state index contributed by atoms with van der Waals surface area (Å²) in [4.78, 5) is 32.4. The molecule has 1 radical (unpaired) electrons. The van der Waals surface area contributed by atoms with Gasteiger partial charge in [0.05, 0.1) is 0 Å². The molecule has 0 aromatic heterocycles. The van der Waals surface area contributed by atoms with Gasteiger partial charge in [0.25, 0.3) is 5.91 Å². The molecule has 0 aliphatic heterocycles. The topological polar surface area (TPSA) is 80.5 Å². The zero-order valence-electron chi connectivity index (χ0n) is 7.14. The van der Waals surface area contributed by atoms with Crippen LogP contribution in [0.4, 0.5) is 4.79 Å². The van der Waals surface area contributed by atoms with E-state index >= 15 is 0 Å². The van der Waals surface area contributed by atoms with Crippen LogP contribution in [0, 0.1) is 0 Å². The highest BCUT2D eigenvalue weighted by atomic mass is 16.2. The van der Waals surface area contributed by atoms with Crippen molar-refractivity contribution in [2.24, 2.45) is 5.73 Å². The lowest BCUT2D eigenvalue weighted by molar-refractivity contribution is 0.0876. The first-order chi connectivity index (χ1) is 6.66. The number of primary amides is 1. The number of benzene rings is 1. The van der Waals surface area contributed by atoms with Gasteiger partial charge in [-0.1, -0.05) is 18.2 Å². The number of rotatable bonds is 2.